The minimum Gasteiger partial charge on any atom is -0.457 e. The van der Waals surface area contributed by atoms with Crippen molar-refractivity contribution in [3.63, 3.8) is 0 Å². The Bertz CT molecular complexity index is 573. The molecular formula is C13H9Br2FO2. The van der Waals surface area contributed by atoms with Crippen LogP contribution in [0.2, 0.25) is 0 Å². The number of rotatable bonds is 3. The maximum atomic E-state index is 13.1. The van der Waals surface area contributed by atoms with Crippen molar-refractivity contribution in [3.8, 4) is 11.5 Å². The summed E-state index contributed by atoms with van der Waals surface area (Å²) in [6.45, 7) is -0.0387. The van der Waals surface area contributed by atoms with Gasteiger partial charge in [-0.05, 0) is 51.8 Å². The first kappa shape index (κ1) is 13.5. The Kier molecular flexibility index (Phi) is 4.37. The number of aliphatic hydroxyl groups excluding tert-OH is 1. The molecule has 94 valence electrons. The molecule has 0 saturated carbocycles. The predicted molar refractivity (Wildman–Crippen MR) is 74.2 cm³/mol. The largest absolute Gasteiger partial charge is 0.457 e. The molecule has 0 unspecified atom stereocenters. The summed E-state index contributed by atoms with van der Waals surface area (Å²) in [5, 5.41) is 9.05. The van der Waals surface area contributed by atoms with Crippen LogP contribution in [0.5, 0.6) is 11.5 Å². The normalized spacial score (nSPS) is 10.4. The van der Waals surface area contributed by atoms with Crippen LogP contribution in [0.1, 0.15) is 5.56 Å². The number of benzene rings is 2. The molecular weight excluding hydrogens is 367 g/mol. The lowest BCUT2D eigenvalue weighted by atomic mass is 10.2. The molecule has 0 aliphatic heterocycles. The highest BCUT2D eigenvalue weighted by atomic mass is 79.9. The number of aliphatic hydroxyl groups is 1. The molecule has 0 atom stereocenters. The van der Waals surface area contributed by atoms with Gasteiger partial charge in [0.25, 0.3) is 0 Å². The summed E-state index contributed by atoms with van der Waals surface area (Å²) in [4.78, 5) is 0. The number of ether oxygens (including phenoxy) is 1. The fraction of sp³-hybridized carbons (Fsp3) is 0.0769. The van der Waals surface area contributed by atoms with Gasteiger partial charge in [0.05, 0.1) is 11.1 Å². The van der Waals surface area contributed by atoms with Gasteiger partial charge in [0.2, 0.25) is 0 Å². The van der Waals surface area contributed by atoms with Gasteiger partial charge in [0, 0.05) is 4.47 Å². The standard InChI is InChI=1S/C13H9Br2FO2/c14-11-5-9(2-1-8(11)7-17)18-10-3-4-13(16)12(15)6-10/h1-6,17H,7H2. The first-order chi connectivity index (χ1) is 8.60. The highest BCUT2D eigenvalue weighted by Gasteiger charge is 2.05. The maximum absolute atomic E-state index is 13.1. The van der Waals surface area contributed by atoms with Gasteiger partial charge < -0.3 is 9.84 Å². The van der Waals surface area contributed by atoms with E-state index >= 15 is 0 Å². The number of hydrogen-bond donors (Lipinski definition) is 1. The third-order valence-corrected chi connectivity index (χ3v) is 3.67. The molecule has 18 heavy (non-hydrogen) atoms. The van der Waals surface area contributed by atoms with Crippen LogP contribution in [0.4, 0.5) is 4.39 Å². The third-order valence-electron chi connectivity index (χ3n) is 2.32. The number of halogens is 3. The van der Waals surface area contributed by atoms with Crippen LogP contribution in [0, 0.1) is 5.82 Å². The first-order valence-electron chi connectivity index (χ1n) is 5.12. The van der Waals surface area contributed by atoms with Gasteiger partial charge in [-0.1, -0.05) is 22.0 Å². The van der Waals surface area contributed by atoms with E-state index in [0.29, 0.717) is 16.0 Å². The lowest BCUT2D eigenvalue weighted by molar-refractivity contribution is 0.281. The van der Waals surface area contributed by atoms with Gasteiger partial charge in [-0.2, -0.15) is 0 Å². The summed E-state index contributed by atoms with van der Waals surface area (Å²) in [5.41, 5.74) is 0.780. The zero-order chi connectivity index (χ0) is 13.1. The summed E-state index contributed by atoms with van der Waals surface area (Å²) in [7, 11) is 0. The van der Waals surface area contributed by atoms with Crippen molar-refractivity contribution in [1.82, 2.24) is 0 Å². The van der Waals surface area contributed by atoms with Crippen molar-refractivity contribution in [3.05, 3.63) is 56.7 Å². The Morgan fingerprint density at radius 1 is 1.00 bits per heavy atom. The monoisotopic (exact) mass is 374 g/mol. The molecule has 5 heteroatoms. The lowest BCUT2D eigenvalue weighted by Gasteiger charge is -2.08. The second-order valence-corrected chi connectivity index (χ2v) is 5.30. The second-order valence-electron chi connectivity index (χ2n) is 3.59. The van der Waals surface area contributed by atoms with Crippen molar-refractivity contribution in [2.24, 2.45) is 0 Å². The smallest absolute Gasteiger partial charge is 0.137 e. The molecule has 0 aliphatic carbocycles. The van der Waals surface area contributed by atoms with E-state index in [1.54, 1.807) is 30.3 Å². The maximum Gasteiger partial charge on any atom is 0.137 e. The molecule has 0 amide bonds. The van der Waals surface area contributed by atoms with Crippen LogP contribution < -0.4 is 4.74 Å². The van der Waals surface area contributed by atoms with Crippen LogP contribution in [0.3, 0.4) is 0 Å². The third kappa shape index (κ3) is 3.10. The molecule has 0 aliphatic rings. The molecule has 0 aromatic heterocycles. The SMILES string of the molecule is OCc1ccc(Oc2ccc(F)c(Br)c2)cc1Br. The summed E-state index contributed by atoms with van der Waals surface area (Å²) in [5.74, 6) is 0.809. The van der Waals surface area contributed by atoms with E-state index in [1.165, 1.54) is 6.07 Å². The molecule has 1 N–H and O–H groups in total. The lowest BCUT2D eigenvalue weighted by Crippen LogP contribution is -1.89. The molecule has 0 saturated heterocycles. The quantitative estimate of drug-likeness (QED) is 0.847. The fourth-order valence-corrected chi connectivity index (χ4v) is 2.24. The van der Waals surface area contributed by atoms with E-state index in [1.807, 2.05) is 0 Å². The van der Waals surface area contributed by atoms with E-state index in [0.717, 1.165) is 10.0 Å². The van der Waals surface area contributed by atoms with E-state index < -0.39 is 0 Å². The van der Waals surface area contributed by atoms with Crippen LogP contribution in [-0.4, -0.2) is 5.11 Å². The predicted octanol–water partition coefficient (Wildman–Crippen LogP) is 4.64. The van der Waals surface area contributed by atoms with Crippen LogP contribution in [-0.2, 0) is 6.61 Å². The Labute approximate surface area is 121 Å². The van der Waals surface area contributed by atoms with Crippen molar-refractivity contribution in [1.29, 1.82) is 0 Å². The van der Waals surface area contributed by atoms with Gasteiger partial charge in [-0.3, -0.25) is 0 Å². The first-order valence-corrected chi connectivity index (χ1v) is 6.71. The molecule has 2 rings (SSSR count). The Balaban J connectivity index is 2.23. The van der Waals surface area contributed by atoms with Crippen molar-refractivity contribution in [2.75, 3.05) is 0 Å². The molecule has 2 nitrogen and oxygen atoms in total. The van der Waals surface area contributed by atoms with Crippen molar-refractivity contribution >= 4 is 31.9 Å². The van der Waals surface area contributed by atoms with Gasteiger partial charge in [0.15, 0.2) is 0 Å². The van der Waals surface area contributed by atoms with Crippen molar-refractivity contribution in [2.45, 2.75) is 6.61 Å². The molecule has 0 fully saturated rings. The highest BCUT2D eigenvalue weighted by molar-refractivity contribution is 9.10. The van der Waals surface area contributed by atoms with Crippen LogP contribution >= 0.6 is 31.9 Å². The van der Waals surface area contributed by atoms with E-state index in [9.17, 15) is 4.39 Å². The fourth-order valence-electron chi connectivity index (χ4n) is 1.40. The molecule has 2 aromatic rings. The Morgan fingerprint density at radius 2 is 1.61 bits per heavy atom. The van der Waals surface area contributed by atoms with Gasteiger partial charge in [0.1, 0.15) is 17.3 Å². The summed E-state index contributed by atoms with van der Waals surface area (Å²) >= 11 is 6.44. The van der Waals surface area contributed by atoms with Gasteiger partial charge in [-0.25, -0.2) is 4.39 Å². The Morgan fingerprint density at radius 3 is 2.17 bits per heavy atom. The Hall–Kier alpha value is -0.910. The zero-order valence-corrected chi connectivity index (χ0v) is 12.3. The van der Waals surface area contributed by atoms with E-state index in [4.69, 9.17) is 9.84 Å². The van der Waals surface area contributed by atoms with Crippen LogP contribution in [0.25, 0.3) is 0 Å². The molecule has 0 spiro atoms. The zero-order valence-electron chi connectivity index (χ0n) is 9.16. The molecule has 0 heterocycles. The summed E-state index contributed by atoms with van der Waals surface area (Å²) in [6.07, 6.45) is 0. The van der Waals surface area contributed by atoms with Crippen LogP contribution in [0.15, 0.2) is 45.3 Å². The minimum absolute atomic E-state index is 0.0387. The van der Waals surface area contributed by atoms with Gasteiger partial charge >= 0.3 is 0 Å². The topological polar surface area (TPSA) is 29.5 Å². The van der Waals surface area contributed by atoms with Crippen molar-refractivity contribution < 1.29 is 14.2 Å². The highest BCUT2D eigenvalue weighted by Crippen LogP contribution is 2.29. The average molecular weight is 376 g/mol. The summed E-state index contributed by atoms with van der Waals surface area (Å²) in [6, 6.07) is 9.70. The van der Waals surface area contributed by atoms with E-state index in [2.05, 4.69) is 31.9 Å². The average Bonchev–Trinajstić information content (AvgIpc) is 2.34. The molecule has 0 radical (unpaired) electrons. The summed E-state index contributed by atoms with van der Waals surface area (Å²) < 4.78 is 19.8. The van der Waals surface area contributed by atoms with E-state index in [-0.39, 0.29) is 12.4 Å². The second kappa shape index (κ2) is 5.82. The minimum atomic E-state index is -0.334. The number of hydrogen-bond acceptors (Lipinski definition) is 2. The van der Waals surface area contributed by atoms with Gasteiger partial charge in [-0.15, -0.1) is 0 Å². The molecule has 2 aromatic carbocycles. The molecule has 0 bridgehead atoms.